The first kappa shape index (κ1) is 10.9. The van der Waals surface area contributed by atoms with E-state index in [0.29, 0.717) is 11.9 Å². The predicted octanol–water partition coefficient (Wildman–Crippen LogP) is 1.77. The highest BCUT2D eigenvalue weighted by atomic mass is 16.6. The predicted molar refractivity (Wildman–Crippen MR) is 52.8 cm³/mol. The number of hydrogen-bond acceptors (Lipinski definition) is 4. The van der Waals surface area contributed by atoms with Gasteiger partial charge >= 0.3 is 5.97 Å². The minimum atomic E-state index is -0.724. The Labute approximate surface area is 86.1 Å². The van der Waals surface area contributed by atoms with Crippen molar-refractivity contribution in [2.75, 3.05) is 0 Å². The molecule has 5 nitrogen and oxygen atoms in total. The molecule has 0 radical (unpaired) electrons. The van der Waals surface area contributed by atoms with Crippen LogP contribution in [0.2, 0.25) is 0 Å². The van der Waals surface area contributed by atoms with E-state index in [1.807, 2.05) is 0 Å². The number of para-hydroxylation sites is 1. The maximum Gasteiger partial charge on any atom is 0.345 e. The molecule has 0 saturated carbocycles. The van der Waals surface area contributed by atoms with Crippen molar-refractivity contribution < 1.29 is 14.5 Å². The van der Waals surface area contributed by atoms with Crippen LogP contribution >= 0.6 is 0 Å². The van der Waals surface area contributed by atoms with Crippen LogP contribution in [0, 0.1) is 10.1 Å². The standard InChI is InChI=1S/C10H9NO4/c1-8(7-11(13)14)10(12)15-9-5-3-2-4-6-9/h2-7H,1H3. The van der Waals surface area contributed by atoms with E-state index in [-0.39, 0.29) is 5.57 Å². The summed E-state index contributed by atoms with van der Waals surface area (Å²) in [6, 6.07) is 8.37. The normalized spacial score (nSPS) is 10.9. The van der Waals surface area contributed by atoms with Gasteiger partial charge in [0.2, 0.25) is 6.20 Å². The third kappa shape index (κ3) is 3.60. The van der Waals surface area contributed by atoms with E-state index in [0.717, 1.165) is 0 Å². The largest absolute Gasteiger partial charge is 0.423 e. The van der Waals surface area contributed by atoms with Crippen LogP contribution in [0.1, 0.15) is 6.92 Å². The van der Waals surface area contributed by atoms with E-state index in [9.17, 15) is 14.9 Å². The highest BCUT2D eigenvalue weighted by molar-refractivity contribution is 5.89. The molecule has 0 N–H and O–H groups in total. The number of nitro groups is 1. The molecule has 0 atom stereocenters. The van der Waals surface area contributed by atoms with Crippen LogP contribution < -0.4 is 4.74 Å². The lowest BCUT2D eigenvalue weighted by Gasteiger charge is -2.01. The first-order chi connectivity index (χ1) is 7.09. The highest BCUT2D eigenvalue weighted by Crippen LogP contribution is 2.10. The zero-order valence-electron chi connectivity index (χ0n) is 8.04. The Kier molecular flexibility index (Phi) is 3.56. The first-order valence-electron chi connectivity index (χ1n) is 4.19. The Balaban J connectivity index is 2.68. The van der Waals surface area contributed by atoms with Gasteiger partial charge in [0.15, 0.2) is 0 Å². The SMILES string of the molecule is CC(=C[N+](=O)[O-])C(=O)Oc1ccccc1. The fourth-order valence-electron chi connectivity index (χ4n) is 0.887. The Morgan fingerprint density at radius 3 is 2.53 bits per heavy atom. The molecule has 1 rings (SSSR count). The lowest BCUT2D eigenvalue weighted by molar-refractivity contribution is -0.403. The van der Waals surface area contributed by atoms with Crippen LogP contribution in [-0.4, -0.2) is 10.9 Å². The third-order valence-corrected chi connectivity index (χ3v) is 1.57. The van der Waals surface area contributed by atoms with Crippen molar-refractivity contribution in [3.8, 4) is 5.75 Å². The molecule has 0 saturated heterocycles. The molecule has 0 amide bonds. The van der Waals surface area contributed by atoms with Crippen molar-refractivity contribution in [1.82, 2.24) is 0 Å². The zero-order valence-corrected chi connectivity index (χ0v) is 8.04. The van der Waals surface area contributed by atoms with Gasteiger partial charge in [-0.3, -0.25) is 10.1 Å². The average molecular weight is 207 g/mol. The molecule has 0 aliphatic rings. The smallest absolute Gasteiger partial charge is 0.345 e. The zero-order chi connectivity index (χ0) is 11.3. The van der Waals surface area contributed by atoms with E-state index in [2.05, 4.69) is 0 Å². The highest BCUT2D eigenvalue weighted by Gasteiger charge is 2.10. The number of nitrogens with zero attached hydrogens (tertiary/aromatic N) is 1. The molecule has 0 aliphatic heterocycles. The van der Waals surface area contributed by atoms with E-state index in [1.54, 1.807) is 30.3 Å². The van der Waals surface area contributed by atoms with Crippen LogP contribution in [0.5, 0.6) is 5.75 Å². The van der Waals surface area contributed by atoms with E-state index < -0.39 is 10.9 Å². The fourth-order valence-corrected chi connectivity index (χ4v) is 0.887. The van der Waals surface area contributed by atoms with Crippen LogP contribution in [0.15, 0.2) is 42.1 Å². The van der Waals surface area contributed by atoms with Crippen LogP contribution in [0.3, 0.4) is 0 Å². The summed E-state index contributed by atoms with van der Waals surface area (Å²) < 4.78 is 4.87. The molecule has 0 heterocycles. The number of carbonyl (C=O) groups is 1. The second-order valence-corrected chi connectivity index (χ2v) is 2.80. The van der Waals surface area contributed by atoms with Gasteiger partial charge in [-0.15, -0.1) is 0 Å². The van der Waals surface area contributed by atoms with Crippen molar-refractivity contribution in [1.29, 1.82) is 0 Å². The van der Waals surface area contributed by atoms with Crippen LogP contribution in [0.4, 0.5) is 0 Å². The second-order valence-electron chi connectivity index (χ2n) is 2.80. The molecular weight excluding hydrogens is 198 g/mol. The summed E-state index contributed by atoms with van der Waals surface area (Å²) in [6.07, 6.45) is 0.616. The Morgan fingerprint density at radius 2 is 2.00 bits per heavy atom. The molecule has 0 unspecified atom stereocenters. The Morgan fingerprint density at radius 1 is 1.40 bits per heavy atom. The quantitative estimate of drug-likeness (QED) is 0.249. The minimum Gasteiger partial charge on any atom is -0.423 e. The maximum atomic E-state index is 11.3. The van der Waals surface area contributed by atoms with Gasteiger partial charge in [0.1, 0.15) is 11.3 Å². The number of carbonyl (C=O) groups excluding carboxylic acids is 1. The van der Waals surface area contributed by atoms with E-state index in [4.69, 9.17) is 4.74 Å². The maximum absolute atomic E-state index is 11.3. The van der Waals surface area contributed by atoms with Crippen LogP contribution in [-0.2, 0) is 4.79 Å². The van der Waals surface area contributed by atoms with Crippen molar-refractivity contribution in [2.24, 2.45) is 0 Å². The molecule has 0 bridgehead atoms. The van der Waals surface area contributed by atoms with Crippen molar-refractivity contribution in [3.63, 3.8) is 0 Å². The number of esters is 1. The second kappa shape index (κ2) is 4.90. The summed E-state index contributed by atoms with van der Waals surface area (Å²) in [7, 11) is 0. The van der Waals surface area contributed by atoms with Gasteiger partial charge < -0.3 is 4.74 Å². The molecule has 0 fully saturated rings. The summed E-state index contributed by atoms with van der Waals surface area (Å²) in [6.45, 7) is 1.33. The summed E-state index contributed by atoms with van der Waals surface area (Å²) >= 11 is 0. The minimum absolute atomic E-state index is 0.0520. The van der Waals surface area contributed by atoms with Gasteiger partial charge in [0.25, 0.3) is 0 Å². The van der Waals surface area contributed by atoms with Gasteiger partial charge in [-0.1, -0.05) is 18.2 Å². The molecular formula is C10H9NO4. The van der Waals surface area contributed by atoms with Crippen molar-refractivity contribution in [3.05, 3.63) is 52.2 Å². The fraction of sp³-hybridized carbons (Fsp3) is 0.100. The molecule has 1 aromatic carbocycles. The van der Waals surface area contributed by atoms with Crippen LogP contribution in [0.25, 0.3) is 0 Å². The molecule has 5 heteroatoms. The van der Waals surface area contributed by atoms with E-state index >= 15 is 0 Å². The number of ether oxygens (including phenoxy) is 1. The summed E-state index contributed by atoms with van der Waals surface area (Å²) in [5.74, 6) is -0.364. The number of hydrogen-bond donors (Lipinski definition) is 0. The summed E-state index contributed by atoms with van der Waals surface area (Å²) in [5, 5.41) is 10.1. The van der Waals surface area contributed by atoms with Gasteiger partial charge in [0.05, 0.1) is 4.92 Å². The number of benzene rings is 1. The average Bonchev–Trinajstić information content (AvgIpc) is 2.18. The lowest BCUT2D eigenvalue weighted by atomic mass is 10.3. The molecule has 1 aromatic rings. The molecule has 15 heavy (non-hydrogen) atoms. The number of rotatable bonds is 3. The van der Waals surface area contributed by atoms with Gasteiger partial charge in [0, 0.05) is 0 Å². The summed E-state index contributed by atoms with van der Waals surface area (Å²) in [4.78, 5) is 20.6. The third-order valence-electron chi connectivity index (χ3n) is 1.57. The Hall–Kier alpha value is -2.17. The molecule has 0 aromatic heterocycles. The van der Waals surface area contributed by atoms with E-state index in [1.165, 1.54) is 6.92 Å². The first-order valence-corrected chi connectivity index (χ1v) is 4.19. The molecule has 0 aliphatic carbocycles. The van der Waals surface area contributed by atoms with Gasteiger partial charge in [-0.05, 0) is 19.1 Å². The monoisotopic (exact) mass is 207 g/mol. The lowest BCUT2D eigenvalue weighted by Crippen LogP contribution is -2.10. The van der Waals surface area contributed by atoms with Gasteiger partial charge in [-0.25, -0.2) is 4.79 Å². The van der Waals surface area contributed by atoms with Crippen molar-refractivity contribution >= 4 is 5.97 Å². The summed E-state index contributed by atoms with van der Waals surface area (Å²) in [5.41, 5.74) is -0.0520. The van der Waals surface area contributed by atoms with Crippen molar-refractivity contribution in [2.45, 2.75) is 6.92 Å². The molecule has 78 valence electrons. The Bertz CT molecular complexity index is 397. The van der Waals surface area contributed by atoms with Gasteiger partial charge in [-0.2, -0.15) is 0 Å². The topological polar surface area (TPSA) is 69.4 Å². The molecule has 0 spiro atoms.